The maximum absolute atomic E-state index is 12.0. The molecule has 2 heterocycles. The third-order valence-corrected chi connectivity index (χ3v) is 4.32. The van der Waals surface area contributed by atoms with Crippen LogP contribution in [0.4, 0.5) is 5.82 Å². The van der Waals surface area contributed by atoms with E-state index in [2.05, 4.69) is 20.7 Å². The van der Waals surface area contributed by atoms with Crippen molar-refractivity contribution >= 4 is 17.7 Å². The number of aliphatic carboxylic acids is 1. The molecule has 0 bridgehead atoms. The SMILES string of the molecule is Cc1cc(CC(=O)Nc2cc([C@H]3CC[C@H](CC(=O)O)C3)[nH]n2)on1. The molecule has 0 aromatic carbocycles. The molecule has 0 saturated heterocycles. The van der Waals surface area contributed by atoms with Crippen molar-refractivity contribution < 1.29 is 19.2 Å². The van der Waals surface area contributed by atoms with Gasteiger partial charge in [-0.1, -0.05) is 5.16 Å². The molecule has 0 unspecified atom stereocenters. The Morgan fingerprint density at radius 3 is 2.96 bits per heavy atom. The monoisotopic (exact) mass is 332 g/mol. The van der Waals surface area contributed by atoms with Crippen LogP contribution in [0.15, 0.2) is 16.7 Å². The first kappa shape index (κ1) is 16.2. The summed E-state index contributed by atoms with van der Waals surface area (Å²) in [5.74, 6) is 0.481. The minimum atomic E-state index is -0.749. The summed E-state index contributed by atoms with van der Waals surface area (Å²) in [6.07, 6.45) is 2.99. The number of carbonyl (C=O) groups excluding carboxylic acids is 1. The molecule has 0 spiro atoms. The molecular weight excluding hydrogens is 312 g/mol. The lowest BCUT2D eigenvalue weighted by Gasteiger charge is -2.07. The van der Waals surface area contributed by atoms with Gasteiger partial charge in [0, 0.05) is 30.2 Å². The third-order valence-electron chi connectivity index (χ3n) is 4.32. The van der Waals surface area contributed by atoms with Crippen LogP contribution in [0.1, 0.15) is 48.7 Å². The molecule has 1 aliphatic rings. The zero-order chi connectivity index (χ0) is 17.1. The summed E-state index contributed by atoms with van der Waals surface area (Å²) in [6, 6.07) is 3.54. The molecule has 8 nitrogen and oxygen atoms in total. The van der Waals surface area contributed by atoms with Crippen LogP contribution in [-0.2, 0) is 16.0 Å². The molecule has 2 aromatic heterocycles. The number of amides is 1. The number of nitrogens with one attached hydrogen (secondary N) is 2. The minimum Gasteiger partial charge on any atom is -0.481 e. The molecule has 8 heteroatoms. The Hall–Kier alpha value is -2.64. The summed E-state index contributed by atoms with van der Waals surface area (Å²) in [5, 5.41) is 22.4. The number of rotatable bonds is 6. The smallest absolute Gasteiger partial charge is 0.303 e. The standard InChI is InChI=1S/C16H20N4O4/c1-9-4-12(24-20-9)7-15(21)17-14-8-13(18-19-14)11-3-2-10(5-11)6-16(22)23/h4,8,10-11H,2-3,5-7H2,1H3,(H,22,23)(H2,17,18,19,21)/t10-,11-/m0/s1. The van der Waals surface area contributed by atoms with Crippen molar-refractivity contribution in [3.63, 3.8) is 0 Å². The molecule has 128 valence electrons. The Morgan fingerprint density at radius 2 is 2.25 bits per heavy atom. The number of hydrogen-bond acceptors (Lipinski definition) is 5. The van der Waals surface area contributed by atoms with Crippen molar-refractivity contribution in [1.82, 2.24) is 15.4 Å². The van der Waals surface area contributed by atoms with E-state index in [1.807, 2.05) is 6.07 Å². The highest BCUT2D eigenvalue weighted by atomic mass is 16.5. The number of carbonyl (C=O) groups is 2. The molecular formula is C16H20N4O4. The van der Waals surface area contributed by atoms with Crippen LogP contribution in [0.2, 0.25) is 0 Å². The van der Waals surface area contributed by atoms with Gasteiger partial charge in [-0.05, 0) is 32.1 Å². The van der Waals surface area contributed by atoms with E-state index in [-0.39, 0.29) is 30.6 Å². The number of aryl methyl sites for hydroxylation is 1. The van der Waals surface area contributed by atoms with Gasteiger partial charge in [-0.15, -0.1) is 0 Å². The Kier molecular flexibility index (Phi) is 4.64. The van der Waals surface area contributed by atoms with Gasteiger partial charge < -0.3 is 14.9 Å². The van der Waals surface area contributed by atoms with Crippen LogP contribution in [0.25, 0.3) is 0 Å². The van der Waals surface area contributed by atoms with E-state index in [1.165, 1.54) is 0 Å². The van der Waals surface area contributed by atoms with E-state index in [0.717, 1.165) is 30.7 Å². The number of carboxylic acid groups (broad SMARTS) is 1. The molecule has 3 N–H and O–H groups in total. The van der Waals surface area contributed by atoms with Gasteiger partial charge >= 0.3 is 5.97 Å². The van der Waals surface area contributed by atoms with Crippen molar-refractivity contribution in [1.29, 1.82) is 0 Å². The minimum absolute atomic E-state index is 0.104. The molecule has 1 saturated carbocycles. The Balaban J connectivity index is 1.54. The summed E-state index contributed by atoms with van der Waals surface area (Å²) in [6.45, 7) is 1.80. The van der Waals surface area contributed by atoms with Gasteiger partial charge in [-0.2, -0.15) is 5.10 Å². The number of hydrogen-bond donors (Lipinski definition) is 3. The third kappa shape index (κ3) is 4.01. The summed E-state index contributed by atoms with van der Waals surface area (Å²) in [5.41, 5.74) is 1.67. The van der Waals surface area contributed by atoms with Crippen LogP contribution < -0.4 is 5.32 Å². The average Bonchev–Trinajstić information content (AvgIpc) is 3.20. The van der Waals surface area contributed by atoms with E-state index in [9.17, 15) is 9.59 Å². The van der Waals surface area contributed by atoms with E-state index < -0.39 is 5.97 Å². The molecule has 0 radical (unpaired) electrons. The average molecular weight is 332 g/mol. The number of aromatic amines is 1. The Morgan fingerprint density at radius 1 is 1.42 bits per heavy atom. The number of nitrogens with zero attached hydrogens (tertiary/aromatic N) is 2. The number of H-pyrrole nitrogens is 1. The summed E-state index contributed by atoms with van der Waals surface area (Å²) < 4.78 is 5.02. The molecule has 2 atom stereocenters. The van der Waals surface area contributed by atoms with Crippen LogP contribution in [0.5, 0.6) is 0 Å². The van der Waals surface area contributed by atoms with Crippen molar-refractivity contribution in [2.45, 2.75) is 44.9 Å². The summed E-state index contributed by atoms with van der Waals surface area (Å²) in [7, 11) is 0. The molecule has 24 heavy (non-hydrogen) atoms. The first-order valence-electron chi connectivity index (χ1n) is 7.98. The fourth-order valence-corrected chi connectivity index (χ4v) is 3.24. The van der Waals surface area contributed by atoms with Crippen molar-refractivity contribution in [2.75, 3.05) is 5.32 Å². The highest BCUT2D eigenvalue weighted by Crippen LogP contribution is 2.39. The predicted molar refractivity (Wildman–Crippen MR) is 84.5 cm³/mol. The van der Waals surface area contributed by atoms with Crippen molar-refractivity contribution in [3.8, 4) is 0 Å². The zero-order valence-corrected chi connectivity index (χ0v) is 13.4. The highest BCUT2D eigenvalue weighted by molar-refractivity contribution is 5.91. The largest absolute Gasteiger partial charge is 0.481 e. The normalized spacial score (nSPS) is 20.2. The van der Waals surface area contributed by atoms with Crippen LogP contribution in [0.3, 0.4) is 0 Å². The van der Waals surface area contributed by atoms with E-state index >= 15 is 0 Å². The molecule has 2 aromatic rings. The summed E-state index contributed by atoms with van der Waals surface area (Å²) in [4.78, 5) is 22.8. The first-order chi connectivity index (χ1) is 11.5. The van der Waals surface area contributed by atoms with E-state index in [4.69, 9.17) is 9.63 Å². The zero-order valence-electron chi connectivity index (χ0n) is 13.4. The molecule has 1 amide bonds. The second kappa shape index (κ2) is 6.86. The number of anilines is 1. The second-order valence-electron chi connectivity index (χ2n) is 6.34. The number of carboxylic acids is 1. The van der Waals surface area contributed by atoms with E-state index in [1.54, 1.807) is 13.0 Å². The Labute approximate surface area is 138 Å². The maximum atomic E-state index is 12.0. The maximum Gasteiger partial charge on any atom is 0.303 e. The lowest BCUT2D eigenvalue weighted by atomic mass is 10.00. The van der Waals surface area contributed by atoms with Crippen LogP contribution in [-0.4, -0.2) is 32.3 Å². The lowest BCUT2D eigenvalue weighted by Crippen LogP contribution is -2.14. The van der Waals surface area contributed by atoms with Crippen molar-refractivity contribution in [3.05, 3.63) is 29.3 Å². The highest BCUT2D eigenvalue weighted by Gasteiger charge is 2.28. The van der Waals surface area contributed by atoms with Crippen molar-refractivity contribution in [2.24, 2.45) is 5.92 Å². The van der Waals surface area contributed by atoms with Gasteiger partial charge in [0.2, 0.25) is 5.91 Å². The van der Waals surface area contributed by atoms with Gasteiger partial charge in [-0.25, -0.2) is 0 Å². The topological polar surface area (TPSA) is 121 Å². The first-order valence-corrected chi connectivity index (χ1v) is 7.98. The van der Waals surface area contributed by atoms with Gasteiger partial charge in [0.1, 0.15) is 5.76 Å². The predicted octanol–water partition coefficient (Wildman–Crippen LogP) is 2.25. The van der Waals surface area contributed by atoms with Crippen LogP contribution in [0, 0.1) is 12.8 Å². The Bertz CT molecular complexity index is 736. The molecule has 3 rings (SSSR count). The molecule has 1 aliphatic carbocycles. The fourth-order valence-electron chi connectivity index (χ4n) is 3.24. The van der Waals surface area contributed by atoms with Crippen LogP contribution >= 0.6 is 0 Å². The van der Waals surface area contributed by atoms with Gasteiger partial charge in [-0.3, -0.25) is 14.7 Å². The van der Waals surface area contributed by atoms with Gasteiger partial charge in [0.05, 0.1) is 12.1 Å². The lowest BCUT2D eigenvalue weighted by molar-refractivity contribution is -0.138. The molecule has 1 fully saturated rings. The van der Waals surface area contributed by atoms with Gasteiger partial charge in [0.25, 0.3) is 0 Å². The summed E-state index contributed by atoms with van der Waals surface area (Å²) >= 11 is 0. The second-order valence-corrected chi connectivity index (χ2v) is 6.34. The van der Waals surface area contributed by atoms with Gasteiger partial charge in [0.15, 0.2) is 5.82 Å². The quantitative estimate of drug-likeness (QED) is 0.746. The number of aromatic nitrogens is 3. The van der Waals surface area contributed by atoms with E-state index in [0.29, 0.717) is 11.6 Å². The fraction of sp³-hybridized carbons (Fsp3) is 0.500. The molecule has 0 aliphatic heterocycles.